The maximum absolute atomic E-state index is 13.2. The van der Waals surface area contributed by atoms with Crippen molar-refractivity contribution in [1.82, 2.24) is 15.1 Å². The molecule has 12 heteroatoms. The summed E-state index contributed by atoms with van der Waals surface area (Å²) in [5.41, 5.74) is -3.29. The molecule has 2 saturated heterocycles. The van der Waals surface area contributed by atoms with Crippen LogP contribution in [0.25, 0.3) is 0 Å². The number of carbonyl (C=O) groups is 2. The lowest BCUT2D eigenvalue weighted by Crippen LogP contribution is -2.47. The number of alkyl halides is 6. The van der Waals surface area contributed by atoms with Crippen molar-refractivity contribution in [3.63, 3.8) is 0 Å². The molecule has 6 nitrogen and oxygen atoms in total. The fourth-order valence-electron chi connectivity index (χ4n) is 4.50. The van der Waals surface area contributed by atoms with Crippen LogP contribution in [0.4, 0.5) is 26.3 Å². The van der Waals surface area contributed by atoms with Gasteiger partial charge in [-0.05, 0) is 70.2 Å². The maximum atomic E-state index is 13.2. The van der Waals surface area contributed by atoms with Crippen molar-refractivity contribution in [3.8, 4) is 0 Å². The molecule has 2 rings (SSSR count). The van der Waals surface area contributed by atoms with Crippen LogP contribution in [0.3, 0.4) is 0 Å². The van der Waals surface area contributed by atoms with Gasteiger partial charge in [-0.3, -0.25) is 14.5 Å². The van der Waals surface area contributed by atoms with E-state index in [1.807, 2.05) is 16.7 Å². The molecular weight excluding hydrogens is 516 g/mol. The van der Waals surface area contributed by atoms with Gasteiger partial charge in [-0.2, -0.15) is 26.3 Å². The summed E-state index contributed by atoms with van der Waals surface area (Å²) in [6, 6.07) is 0. The Morgan fingerprint density at radius 2 is 1.55 bits per heavy atom. The molecule has 2 aliphatic rings. The highest BCUT2D eigenvalue weighted by Crippen LogP contribution is 2.31. The maximum Gasteiger partial charge on any atom is 0.415 e. The van der Waals surface area contributed by atoms with E-state index >= 15 is 0 Å². The van der Waals surface area contributed by atoms with Crippen molar-refractivity contribution in [2.75, 3.05) is 45.9 Å². The molecule has 0 aliphatic carbocycles. The highest BCUT2D eigenvalue weighted by Gasteiger charge is 2.34. The van der Waals surface area contributed by atoms with Crippen LogP contribution in [-0.4, -0.2) is 85.9 Å². The summed E-state index contributed by atoms with van der Waals surface area (Å²) in [6.07, 6.45) is -6.31. The third-order valence-corrected chi connectivity index (χ3v) is 6.85. The van der Waals surface area contributed by atoms with E-state index in [2.05, 4.69) is 11.9 Å². The fraction of sp³-hybridized carbons (Fsp3) is 0.692. The van der Waals surface area contributed by atoms with E-state index < -0.39 is 41.4 Å². The van der Waals surface area contributed by atoms with Gasteiger partial charge in [0.05, 0.1) is 12.6 Å². The topological polar surface area (TPSA) is 61.9 Å². The number of halogens is 6. The van der Waals surface area contributed by atoms with E-state index in [1.54, 1.807) is 0 Å². The van der Waals surface area contributed by atoms with Gasteiger partial charge in [-0.25, -0.2) is 0 Å². The zero-order valence-electron chi connectivity index (χ0n) is 21.9. The van der Waals surface area contributed by atoms with Crippen LogP contribution in [0.15, 0.2) is 35.5 Å². The highest BCUT2D eigenvalue weighted by molar-refractivity contribution is 5.97. The molecule has 1 N–H and O–H groups in total. The normalized spacial score (nSPS) is 19.5. The standard InChI is InChI=1S/C26H37F6N3O3/c1-4-21(26(30,31)32)15-20(14-18(3)25(27,28)29)24(37)33-16-19-6-10-34(11-7-19)17-23(36)35-12-8-22(9-13-35)38-5-2/h14-15,19,22H,3-13,16-17H2,1-2H3,(H,33,37)/b20-14+,21-15+. The van der Waals surface area contributed by atoms with Gasteiger partial charge in [-0.15, -0.1) is 0 Å². The number of ether oxygens (including phenoxy) is 1. The minimum Gasteiger partial charge on any atom is -0.378 e. The molecule has 0 aromatic carbocycles. The Morgan fingerprint density at radius 3 is 2.05 bits per heavy atom. The van der Waals surface area contributed by atoms with Gasteiger partial charge < -0.3 is 15.0 Å². The van der Waals surface area contributed by atoms with Crippen LogP contribution in [0.1, 0.15) is 46.0 Å². The lowest BCUT2D eigenvalue weighted by Gasteiger charge is -2.35. The molecule has 0 aromatic heterocycles. The van der Waals surface area contributed by atoms with E-state index in [1.165, 1.54) is 6.92 Å². The SMILES string of the molecule is C=C(/C=C(\C=C(/CC)C(F)(F)F)C(=O)NCC1CCN(CC(=O)N2CCC(OCC)CC2)CC1)C(F)(F)F. The number of nitrogens with one attached hydrogen (secondary N) is 1. The molecular formula is C26H37F6N3O3. The summed E-state index contributed by atoms with van der Waals surface area (Å²) in [5, 5.41) is 2.48. The van der Waals surface area contributed by atoms with Gasteiger partial charge in [0.1, 0.15) is 0 Å². The third-order valence-electron chi connectivity index (χ3n) is 6.85. The van der Waals surface area contributed by atoms with Crippen molar-refractivity contribution in [1.29, 1.82) is 0 Å². The van der Waals surface area contributed by atoms with Crippen molar-refractivity contribution >= 4 is 11.8 Å². The highest BCUT2D eigenvalue weighted by atomic mass is 19.4. The molecule has 0 spiro atoms. The second-order valence-electron chi connectivity index (χ2n) is 9.61. The second-order valence-corrected chi connectivity index (χ2v) is 9.61. The van der Waals surface area contributed by atoms with E-state index in [4.69, 9.17) is 4.74 Å². The van der Waals surface area contributed by atoms with Crippen molar-refractivity contribution in [3.05, 3.63) is 35.5 Å². The molecule has 216 valence electrons. The Hall–Kier alpha value is -2.34. The smallest absolute Gasteiger partial charge is 0.378 e. The summed E-state index contributed by atoms with van der Waals surface area (Å²) >= 11 is 0. The molecule has 0 radical (unpaired) electrons. The molecule has 0 atom stereocenters. The van der Waals surface area contributed by atoms with Crippen LogP contribution in [0.5, 0.6) is 0 Å². The van der Waals surface area contributed by atoms with Crippen LogP contribution < -0.4 is 5.32 Å². The molecule has 0 bridgehead atoms. The number of piperidine rings is 2. The Labute approximate surface area is 219 Å². The summed E-state index contributed by atoms with van der Waals surface area (Å²) in [4.78, 5) is 29.1. The molecule has 38 heavy (non-hydrogen) atoms. The number of amides is 2. The molecule has 0 aromatic rings. The van der Waals surface area contributed by atoms with E-state index in [0.717, 1.165) is 12.8 Å². The van der Waals surface area contributed by atoms with Crippen molar-refractivity contribution < 1.29 is 40.7 Å². The van der Waals surface area contributed by atoms with Gasteiger partial charge in [0.25, 0.3) is 5.91 Å². The van der Waals surface area contributed by atoms with Gasteiger partial charge in [0.2, 0.25) is 5.91 Å². The minimum absolute atomic E-state index is 0.0171. The summed E-state index contributed by atoms with van der Waals surface area (Å²) in [5.74, 6) is -0.996. The van der Waals surface area contributed by atoms with Crippen LogP contribution in [0, 0.1) is 5.92 Å². The molecule has 2 heterocycles. The largest absolute Gasteiger partial charge is 0.415 e. The fourth-order valence-corrected chi connectivity index (χ4v) is 4.50. The molecule has 2 amide bonds. The number of carbonyl (C=O) groups excluding carboxylic acids is 2. The zero-order chi connectivity index (χ0) is 28.5. The molecule has 2 fully saturated rings. The lowest BCUT2D eigenvalue weighted by molar-refractivity contribution is -0.135. The summed E-state index contributed by atoms with van der Waals surface area (Å²) in [7, 11) is 0. The average molecular weight is 554 g/mol. The predicted molar refractivity (Wildman–Crippen MR) is 131 cm³/mol. The predicted octanol–water partition coefficient (Wildman–Crippen LogP) is 4.79. The number of hydrogen-bond acceptors (Lipinski definition) is 4. The first-order chi connectivity index (χ1) is 17.7. The van der Waals surface area contributed by atoms with Crippen LogP contribution >= 0.6 is 0 Å². The Bertz CT molecular complexity index is 882. The van der Waals surface area contributed by atoms with Crippen molar-refractivity contribution in [2.24, 2.45) is 5.92 Å². The van der Waals surface area contributed by atoms with Gasteiger partial charge in [0.15, 0.2) is 0 Å². The number of likely N-dealkylation sites (tertiary alicyclic amines) is 2. The van der Waals surface area contributed by atoms with E-state index in [-0.39, 0.29) is 31.0 Å². The number of hydrogen-bond donors (Lipinski definition) is 1. The first-order valence-electron chi connectivity index (χ1n) is 12.9. The van der Waals surface area contributed by atoms with Crippen LogP contribution in [0.2, 0.25) is 0 Å². The number of rotatable bonds is 10. The lowest BCUT2D eigenvalue weighted by atomic mass is 9.96. The average Bonchev–Trinajstić information content (AvgIpc) is 2.85. The molecule has 0 unspecified atom stereocenters. The summed E-state index contributed by atoms with van der Waals surface area (Å²) < 4.78 is 84.0. The minimum atomic E-state index is -4.88. The van der Waals surface area contributed by atoms with Crippen LogP contribution in [-0.2, 0) is 14.3 Å². The second kappa shape index (κ2) is 14.2. The van der Waals surface area contributed by atoms with Gasteiger partial charge in [-0.1, -0.05) is 13.5 Å². The van der Waals surface area contributed by atoms with Crippen molar-refractivity contribution in [2.45, 2.75) is 64.4 Å². The number of nitrogens with zero attached hydrogens (tertiary/aromatic N) is 2. The first-order valence-corrected chi connectivity index (χ1v) is 12.9. The van der Waals surface area contributed by atoms with Gasteiger partial charge in [0, 0.05) is 43.0 Å². The number of allylic oxidation sites excluding steroid dienone is 3. The van der Waals surface area contributed by atoms with E-state index in [0.29, 0.717) is 57.8 Å². The zero-order valence-corrected chi connectivity index (χ0v) is 21.9. The quantitative estimate of drug-likeness (QED) is 0.240. The Balaban J connectivity index is 1.89. The third kappa shape index (κ3) is 10.1. The first kappa shape index (κ1) is 31.9. The van der Waals surface area contributed by atoms with E-state index in [9.17, 15) is 35.9 Å². The molecule has 2 aliphatic heterocycles. The molecule has 0 saturated carbocycles. The Morgan fingerprint density at radius 1 is 0.947 bits per heavy atom. The van der Waals surface area contributed by atoms with Gasteiger partial charge >= 0.3 is 12.4 Å². The Kier molecular flexibility index (Phi) is 11.9. The summed E-state index contributed by atoms with van der Waals surface area (Å²) in [6.45, 7) is 9.54. The monoisotopic (exact) mass is 553 g/mol.